The molecule has 0 fully saturated rings. The number of rotatable bonds is 6. The largest absolute Gasteiger partial charge is 0.493 e. The predicted octanol–water partition coefficient (Wildman–Crippen LogP) is 3.49. The first-order chi connectivity index (χ1) is 10.6. The van der Waals surface area contributed by atoms with E-state index in [1.54, 1.807) is 18.3 Å². The van der Waals surface area contributed by atoms with E-state index >= 15 is 0 Å². The van der Waals surface area contributed by atoms with Gasteiger partial charge in [-0.1, -0.05) is 44.2 Å². The summed E-state index contributed by atoms with van der Waals surface area (Å²) >= 11 is 0. The molecule has 0 bridgehead atoms. The number of nitrogens with one attached hydrogen (secondary N) is 1. The molecule has 114 valence electrons. The Kier molecular flexibility index (Phi) is 5.72. The van der Waals surface area contributed by atoms with Crippen molar-refractivity contribution >= 4 is 12.1 Å². The van der Waals surface area contributed by atoms with Crippen molar-refractivity contribution in [3.8, 4) is 5.75 Å². The SMILES string of the molecule is CC(C)COc1cccc(/C=N/NC(=O)c2ccccc2)c1. The van der Waals surface area contributed by atoms with Crippen LogP contribution in [-0.4, -0.2) is 18.7 Å². The number of carbonyl (C=O) groups is 1. The smallest absolute Gasteiger partial charge is 0.271 e. The van der Waals surface area contributed by atoms with E-state index in [4.69, 9.17) is 4.74 Å². The Morgan fingerprint density at radius 3 is 2.68 bits per heavy atom. The fraction of sp³-hybridized carbons (Fsp3) is 0.222. The Hall–Kier alpha value is -2.62. The number of hydrazone groups is 1. The van der Waals surface area contributed by atoms with Crippen molar-refractivity contribution in [3.63, 3.8) is 0 Å². The molecule has 0 aliphatic carbocycles. The zero-order valence-electron chi connectivity index (χ0n) is 12.8. The van der Waals surface area contributed by atoms with Gasteiger partial charge in [0.15, 0.2) is 0 Å². The first kappa shape index (κ1) is 15.8. The summed E-state index contributed by atoms with van der Waals surface area (Å²) in [5.74, 6) is 1.04. The summed E-state index contributed by atoms with van der Waals surface area (Å²) < 4.78 is 5.66. The van der Waals surface area contributed by atoms with Crippen LogP contribution in [-0.2, 0) is 0 Å². The quantitative estimate of drug-likeness (QED) is 0.655. The Bertz CT molecular complexity index is 637. The minimum Gasteiger partial charge on any atom is -0.493 e. The molecule has 0 aromatic heterocycles. The van der Waals surface area contributed by atoms with E-state index in [2.05, 4.69) is 24.4 Å². The zero-order valence-corrected chi connectivity index (χ0v) is 12.8. The number of nitrogens with zero attached hydrogens (tertiary/aromatic N) is 1. The monoisotopic (exact) mass is 296 g/mol. The lowest BCUT2D eigenvalue weighted by molar-refractivity contribution is 0.0955. The average molecular weight is 296 g/mol. The molecule has 0 saturated carbocycles. The molecule has 0 atom stereocenters. The summed E-state index contributed by atoms with van der Waals surface area (Å²) in [7, 11) is 0. The molecule has 0 saturated heterocycles. The molecule has 0 unspecified atom stereocenters. The van der Waals surface area contributed by atoms with Gasteiger partial charge in [0.2, 0.25) is 0 Å². The molecule has 2 rings (SSSR count). The Labute approximate surface area is 130 Å². The van der Waals surface area contributed by atoms with Gasteiger partial charge in [-0.25, -0.2) is 5.43 Å². The van der Waals surface area contributed by atoms with Crippen LogP contribution in [0.4, 0.5) is 0 Å². The van der Waals surface area contributed by atoms with Gasteiger partial charge in [-0.05, 0) is 35.7 Å². The third kappa shape index (κ3) is 5.05. The van der Waals surface area contributed by atoms with E-state index in [-0.39, 0.29) is 5.91 Å². The lowest BCUT2D eigenvalue weighted by Gasteiger charge is -2.08. The first-order valence-corrected chi connectivity index (χ1v) is 7.26. The van der Waals surface area contributed by atoms with Crippen molar-refractivity contribution in [3.05, 3.63) is 65.7 Å². The summed E-state index contributed by atoms with van der Waals surface area (Å²) in [5, 5.41) is 3.97. The maximum Gasteiger partial charge on any atom is 0.271 e. The van der Waals surface area contributed by atoms with E-state index in [0.717, 1.165) is 11.3 Å². The number of amides is 1. The molecule has 0 aliphatic heterocycles. The fourth-order valence-corrected chi connectivity index (χ4v) is 1.77. The third-order valence-electron chi connectivity index (χ3n) is 2.86. The molecular formula is C18H20N2O2. The summed E-state index contributed by atoms with van der Waals surface area (Å²) in [4.78, 5) is 11.8. The lowest BCUT2D eigenvalue weighted by Crippen LogP contribution is -2.17. The van der Waals surface area contributed by atoms with Crippen LogP contribution in [0.1, 0.15) is 29.8 Å². The molecule has 22 heavy (non-hydrogen) atoms. The van der Waals surface area contributed by atoms with Crippen LogP contribution in [0, 0.1) is 5.92 Å². The van der Waals surface area contributed by atoms with Crippen molar-refractivity contribution in [1.82, 2.24) is 5.43 Å². The van der Waals surface area contributed by atoms with Crippen molar-refractivity contribution in [2.24, 2.45) is 11.0 Å². The Balaban J connectivity index is 1.93. The van der Waals surface area contributed by atoms with Gasteiger partial charge in [0.05, 0.1) is 12.8 Å². The number of hydrogen-bond donors (Lipinski definition) is 1. The molecule has 0 heterocycles. The van der Waals surface area contributed by atoms with Crippen LogP contribution >= 0.6 is 0 Å². The molecule has 2 aromatic carbocycles. The lowest BCUT2D eigenvalue weighted by atomic mass is 10.2. The second-order valence-electron chi connectivity index (χ2n) is 5.34. The Morgan fingerprint density at radius 2 is 1.95 bits per heavy atom. The minimum absolute atomic E-state index is 0.232. The van der Waals surface area contributed by atoms with E-state index in [0.29, 0.717) is 18.1 Å². The first-order valence-electron chi connectivity index (χ1n) is 7.26. The second-order valence-corrected chi connectivity index (χ2v) is 5.34. The summed E-state index contributed by atoms with van der Waals surface area (Å²) in [6, 6.07) is 16.6. The van der Waals surface area contributed by atoms with Gasteiger partial charge in [0.25, 0.3) is 5.91 Å². The highest BCUT2D eigenvalue weighted by molar-refractivity contribution is 5.94. The zero-order chi connectivity index (χ0) is 15.8. The molecule has 1 amide bonds. The Morgan fingerprint density at radius 1 is 1.18 bits per heavy atom. The van der Waals surface area contributed by atoms with Crippen LogP contribution in [0.3, 0.4) is 0 Å². The van der Waals surface area contributed by atoms with Crippen molar-refractivity contribution in [2.75, 3.05) is 6.61 Å². The molecule has 2 aromatic rings. The molecule has 4 nitrogen and oxygen atoms in total. The molecule has 0 spiro atoms. The highest BCUT2D eigenvalue weighted by Crippen LogP contribution is 2.13. The highest BCUT2D eigenvalue weighted by Gasteiger charge is 2.02. The summed E-state index contributed by atoms with van der Waals surface area (Å²) in [5.41, 5.74) is 3.95. The maximum absolute atomic E-state index is 11.8. The maximum atomic E-state index is 11.8. The van der Waals surface area contributed by atoms with Gasteiger partial charge >= 0.3 is 0 Å². The standard InChI is InChI=1S/C18H20N2O2/c1-14(2)13-22-17-10-6-7-15(11-17)12-19-20-18(21)16-8-4-3-5-9-16/h3-12,14H,13H2,1-2H3,(H,20,21)/b19-12+. The second kappa shape index (κ2) is 7.98. The molecule has 0 aliphatic rings. The van der Waals surface area contributed by atoms with Crippen molar-refractivity contribution < 1.29 is 9.53 Å². The summed E-state index contributed by atoms with van der Waals surface area (Å²) in [6.07, 6.45) is 1.60. The van der Waals surface area contributed by atoms with Gasteiger partial charge in [0, 0.05) is 5.56 Å². The number of ether oxygens (including phenoxy) is 1. The van der Waals surface area contributed by atoms with E-state index < -0.39 is 0 Å². The van der Waals surface area contributed by atoms with Crippen LogP contribution in [0.15, 0.2) is 59.7 Å². The average Bonchev–Trinajstić information content (AvgIpc) is 2.54. The topological polar surface area (TPSA) is 50.7 Å². The van der Waals surface area contributed by atoms with Crippen molar-refractivity contribution in [1.29, 1.82) is 0 Å². The van der Waals surface area contributed by atoms with Crippen LogP contribution in [0.5, 0.6) is 5.75 Å². The molecule has 4 heteroatoms. The molecular weight excluding hydrogens is 276 g/mol. The number of hydrogen-bond acceptors (Lipinski definition) is 3. The number of benzene rings is 2. The van der Waals surface area contributed by atoms with Gasteiger partial charge < -0.3 is 4.74 Å². The van der Waals surface area contributed by atoms with E-state index in [1.165, 1.54) is 0 Å². The van der Waals surface area contributed by atoms with Gasteiger partial charge in [-0.3, -0.25) is 4.79 Å². The molecule has 1 N–H and O–H groups in total. The highest BCUT2D eigenvalue weighted by atomic mass is 16.5. The fourth-order valence-electron chi connectivity index (χ4n) is 1.77. The summed E-state index contributed by atoms with van der Waals surface area (Å²) in [6.45, 7) is 4.88. The predicted molar refractivity (Wildman–Crippen MR) is 88.3 cm³/mol. The van der Waals surface area contributed by atoms with Gasteiger partial charge in [-0.2, -0.15) is 5.10 Å². The molecule has 0 radical (unpaired) electrons. The number of carbonyl (C=O) groups excluding carboxylic acids is 1. The van der Waals surface area contributed by atoms with Crippen molar-refractivity contribution in [2.45, 2.75) is 13.8 Å². The normalized spacial score (nSPS) is 10.9. The van der Waals surface area contributed by atoms with Crippen LogP contribution < -0.4 is 10.2 Å². The van der Waals surface area contributed by atoms with E-state index in [9.17, 15) is 4.79 Å². The van der Waals surface area contributed by atoms with Gasteiger partial charge in [0.1, 0.15) is 5.75 Å². The van der Waals surface area contributed by atoms with Crippen LogP contribution in [0.25, 0.3) is 0 Å². The van der Waals surface area contributed by atoms with Crippen LogP contribution in [0.2, 0.25) is 0 Å². The third-order valence-corrected chi connectivity index (χ3v) is 2.86. The van der Waals surface area contributed by atoms with E-state index in [1.807, 2.05) is 42.5 Å². The minimum atomic E-state index is -0.232. The van der Waals surface area contributed by atoms with Gasteiger partial charge in [-0.15, -0.1) is 0 Å².